The number of hydrogen-bond acceptors (Lipinski definition) is 4. The molecule has 0 bridgehead atoms. The standard InChI is InChI=1S/C16H18N6O/c1-13(21-11-5-8-17-21)16(23)20-15(12-22-18-9-10-19-22)14-6-3-2-4-7-14/h2-11,13,15H,12H2,1H3,(H,20,23). The van der Waals surface area contributed by atoms with Crippen molar-refractivity contribution < 1.29 is 4.79 Å². The fourth-order valence-corrected chi connectivity index (χ4v) is 2.34. The van der Waals surface area contributed by atoms with Crippen LogP contribution in [0.15, 0.2) is 61.2 Å². The van der Waals surface area contributed by atoms with Gasteiger partial charge in [-0.3, -0.25) is 9.48 Å². The molecule has 7 heteroatoms. The number of nitrogens with zero attached hydrogens (tertiary/aromatic N) is 5. The van der Waals surface area contributed by atoms with Crippen molar-refractivity contribution >= 4 is 5.91 Å². The van der Waals surface area contributed by atoms with Gasteiger partial charge in [-0.2, -0.15) is 20.1 Å². The van der Waals surface area contributed by atoms with E-state index in [0.29, 0.717) is 6.54 Å². The van der Waals surface area contributed by atoms with Gasteiger partial charge < -0.3 is 5.32 Å². The zero-order chi connectivity index (χ0) is 16.1. The molecule has 0 aliphatic heterocycles. The summed E-state index contributed by atoms with van der Waals surface area (Å²) in [6, 6.07) is 11.0. The molecule has 7 nitrogen and oxygen atoms in total. The second-order valence-electron chi connectivity index (χ2n) is 5.22. The Morgan fingerprint density at radius 3 is 2.48 bits per heavy atom. The van der Waals surface area contributed by atoms with E-state index in [1.165, 1.54) is 0 Å². The zero-order valence-corrected chi connectivity index (χ0v) is 12.8. The first kappa shape index (κ1) is 15.0. The maximum absolute atomic E-state index is 12.5. The van der Waals surface area contributed by atoms with E-state index < -0.39 is 0 Å². The molecule has 23 heavy (non-hydrogen) atoms. The molecule has 0 spiro atoms. The van der Waals surface area contributed by atoms with E-state index in [2.05, 4.69) is 20.6 Å². The summed E-state index contributed by atoms with van der Waals surface area (Å²) in [4.78, 5) is 14.1. The van der Waals surface area contributed by atoms with E-state index >= 15 is 0 Å². The molecule has 0 aliphatic rings. The first-order valence-corrected chi connectivity index (χ1v) is 7.42. The molecule has 1 aromatic carbocycles. The minimum atomic E-state index is -0.387. The Labute approximate surface area is 133 Å². The van der Waals surface area contributed by atoms with Gasteiger partial charge in [0.1, 0.15) is 6.04 Å². The van der Waals surface area contributed by atoms with Gasteiger partial charge in [0.25, 0.3) is 0 Å². The van der Waals surface area contributed by atoms with Crippen LogP contribution in [0.5, 0.6) is 0 Å². The largest absolute Gasteiger partial charge is 0.345 e. The molecule has 118 valence electrons. The summed E-state index contributed by atoms with van der Waals surface area (Å²) in [6.45, 7) is 2.28. The molecule has 0 saturated heterocycles. The quantitative estimate of drug-likeness (QED) is 0.750. The van der Waals surface area contributed by atoms with Crippen LogP contribution in [0.3, 0.4) is 0 Å². The van der Waals surface area contributed by atoms with Crippen molar-refractivity contribution in [3.8, 4) is 0 Å². The maximum atomic E-state index is 12.5. The van der Waals surface area contributed by atoms with Gasteiger partial charge in [0.2, 0.25) is 5.91 Å². The molecule has 0 saturated carbocycles. The van der Waals surface area contributed by atoms with Crippen molar-refractivity contribution in [2.75, 3.05) is 0 Å². The van der Waals surface area contributed by atoms with E-state index in [1.807, 2.05) is 37.3 Å². The van der Waals surface area contributed by atoms with E-state index in [1.54, 1.807) is 40.3 Å². The third kappa shape index (κ3) is 3.63. The third-order valence-electron chi connectivity index (χ3n) is 3.63. The molecule has 0 fully saturated rings. The first-order valence-electron chi connectivity index (χ1n) is 7.42. The molecular formula is C16H18N6O. The zero-order valence-electron chi connectivity index (χ0n) is 12.8. The molecule has 2 unspecified atom stereocenters. The highest BCUT2D eigenvalue weighted by atomic mass is 16.2. The molecule has 3 aromatic rings. The van der Waals surface area contributed by atoms with Gasteiger partial charge in [0.05, 0.1) is 25.0 Å². The smallest absolute Gasteiger partial charge is 0.245 e. The van der Waals surface area contributed by atoms with Crippen molar-refractivity contribution in [1.29, 1.82) is 0 Å². The van der Waals surface area contributed by atoms with Crippen LogP contribution in [-0.2, 0) is 11.3 Å². The maximum Gasteiger partial charge on any atom is 0.245 e. The Balaban J connectivity index is 1.77. The number of aromatic nitrogens is 5. The predicted molar refractivity (Wildman–Crippen MR) is 84.3 cm³/mol. The molecule has 2 atom stereocenters. The van der Waals surface area contributed by atoms with Gasteiger partial charge in [0, 0.05) is 12.4 Å². The number of hydrogen-bond donors (Lipinski definition) is 1. The summed E-state index contributed by atoms with van der Waals surface area (Å²) in [7, 11) is 0. The molecular weight excluding hydrogens is 292 g/mol. The van der Waals surface area contributed by atoms with Crippen LogP contribution in [0.1, 0.15) is 24.6 Å². The SMILES string of the molecule is CC(C(=O)NC(Cn1nccn1)c1ccccc1)n1cccn1. The van der Waals surface area contributed by atoms with Crippen LogP contribution in [0, 0.1) is 0 Å². The van der Waals surface area contributed by atoms with Crippen LogP contribution in [0.4, 0.5) is 0 Å². The van der Waals surface area contributed by atoms with E-state index in [4.69, 9.17) is 0 Å². The van der Waals surface area contributed by atoms with E-state index in [9.17, 15) is 4.79 Å². The summed E-state index contributed by atoms with van der Waals surface area (Å²) in [6.07, 6.45) is 6.68. The van der Waals surface area contributed by atoms with Gasteiger partial charge in [-0.1, -0.05) is 30.3 Å². The number of carbonyl (C=O) groups excluding carboxylic acids is 1. The van der Waals surface area contributed by atoms with Crippen LogP contribution in [0.2, 0.25) is 0 Å². The van der Waals surface area contributed by atoms with Gasteiger partial charge in [-0.05, 0) is 18.6 Å². The fourth-order valence-electron chi connectivity index (χ4n) is 2.34. The lowest BCUT2D eigenvalue weighted by Gasteiger charge is -2.21. The lowest BCUT2D eigenvalue weighted by Crippen LogP contribution is -2.36. The Hall–Kier alpha value is -2.96. The molecule has 1 N–H and O–H groups in total. The Morgan fingerprint density at radius 2 is 1.83 bits per heavy atom. The summed E-state index contributed by atoms with van der Waals surface area (Å²) < 4.78 is 1.63. The number of rotatable bonds is 6. The minimum absolute atomic E-state index is 0.102. The minimum Gasteiger partial charge on any atom is -0.345 e. The Kier molecular flexibility index (Phi) is 4.46. The second-order valence-corrected chi connectivity index (χ2v) is 5.22. The topological polar surface area (TPSA) is 77.6 Å². The average Bonchev–Trinajstić information content (AvgIpc) is 3.28. The first-order chi connectivity index (χ1) is 11.2. The molecule has 1 amide bonds. The van der Waals surface area contributed by atoms with Crippen LogP contribution in [-0.4, -0.2) is 30.7 Å². The number of nitrogens with one attached hydrogen (secondary N) is 1. The molecule has 2 aromatic heterocycles. The third-order valence-corrected chi connectivity index (χ3v) is 3.63. The average molecular weight is 310 g/mol. The van der Waals surface area contributed by atoms with Crippen molar-refractivity contribution in [3.05, 3.63) is 66.7 Å². The normalized spacial score (nSPS) is 13.4. The van der Waals surface area contributed by atoms with Crippen molar-refractivity contribution in [2.45, 2.75) is 25.6 Å². The highest BCUT2D eigenvalue weighted by Crippen LogP contribution is 2.16. The van der Waals surface area contributed by atoms with Crippen molar-refractivity contribution in [1.82, 2.24) is 30.1 Å². The van der Waals surface area contributed by atoms with Gasteiger partial charge in [0.15, 0.2) is 0 Å². The highest BCUT2D eigenvalue weighted by molar-refractivity contribution is 5.80. The molecule has 0 radical (unpaired) electrons. The van der Waals surface area contributed by atoms with Crippen molar-refractivity contribution in [2.24, 2.45) is 0 Å². The molecule has 3 rings (SSSR count). The number of amides is 1. The van der Waals surface area contributed by atoms with Gasteiger partial charge in [-0.15, -0.1) is 0 Å². The Bertz CT molecular complexity index is 723. The van der Waals surface area contributed by atoms with Gasteiger partial charge in [-0.25, -0.2) is 0 Å². The summed E-state index contributed by atoms with van der Waals surface area (Å²) in [5, 5.41) is 15.4. The monoisotopic (exact) mass is 310 g/mol. The summed E-state index contributed by atoms with van der Waals surface area (Å²) in [5.41, 5.74) is 1.01. The summed E-state index contributed by atoms with van der Waals surface area (Å²) >= 11 is 0. The van der Waals surface area contributed by atoms with Crippen LogP contribution >= 0.6 is 0 Å². The molecule has 0 aliphatic carbocycles. The van der Waals surface area contributed by atoms with Crippen molar-refractivity contribution in [3.63, 3.8) is 0 Å². The van der Waals surface area contributed by atoms with Crippen LogP contribution < -0.4 is 5.32 Å². The summed E-state index contributed by atoms with van der Waals surface area (Å²) in [5.74, 6) is -0.102. The Morgan fingerprint density at radius 1 is 1.09 bits per heavy atom. The lowest BCUT2D eigenvalue weighted by molar-refractivity contribution is -0.125. The predicted octanol–water partition coefficient (Wildman–Crippen LogP) is 1.59. The highest BCUT2D eigenvalue weighted by Gasteiger charge is 2.21. The number of carbonyl (C=O) groups is 1. The number of benzene rings is 1. The van der Waals surface area contributed by atoms with E-state index in [-0.39, 0.29) is 18.0 Å². The van der Waals surface area contributed by atoms with Crippen LogP contribution in [0.25, 0.3) is 0 Å². The van der Waals surface area contributed by atoms with Gasteiger partial charge >= 0.3 is 0 Å². The second kappa shape index (κ2) is 6.87. The fraction of sp³-hybridized carbons (Fsp3) is 0.250. The van der Waals surface area contributed by atoms with E-state index in [0.717, 1.165) is 5.56 Å². The molecule has 2 heterocycles. The lowest BCUT2D eigenvalue weighted by atomic mass is 10.1.